The molecule has 1 rings (SSSR count). The van der Waals surface area contributed by atoms with Crippen molar-refractivity contribution in [3.05, 3.63) is 12.4 Å². The van der Waals surface area contributed by atoms with Gasteiger partial charge >= 0.3 is 6.03 Å². The highest BCUT2D eigenvalue weighted by Gasteiger charge is 2.19. The van der Waals surface area contributed by atoms with Gasteiger partial charge in [-0.1, -0.05) is 0 Å². The van der Waals surface area contributed by atoms with Crippen LogP contribution in [0.3, 0.4) is 0 Å². The van der Waals surface area contributed by atoms with Crippen LogP contribution in [0.25, 0.3) is 0 Å². The van der Waals surface area contributed by atoms with E-state index in [9.17, 15) is 9.90 Å². The zero-order chi connectivity index (χ0) is 15.3. The maximum atomic E-state index is 11.9. The van der Waals surface area contributed by atoms with E-state index < -0.39 is 5.60 Å². The number of rotatable bonds is 6. The lowest BCUT2D eigenvalue weighted by Crippen LogP contribution is -2.41. The van der Waals surface area contributed by atoms with Crippen LogP contribution >= 0.6 is 0 Å². The molecule has 0 aromatic carbocycles. The standard InChI is InChI=1S/C13H25N5O2/c1-13(2,20)10-17(5)12(19)15-11-8-14-18(9-11)7-6-16(3)4/h8-9,20H,6-7,10H2,1-5H3,(H,15,19). The van der Waals surface area contributed by atoms with Crippen LogP contribution in [-0.4, -0.2) is 70.6 Å². The molecular formula is C13H25N5O2. The molecule has 2 N–H and O–H groups in total. The van der Waals surface area contributed by atoms with Gasteiger partial charge in [-0.15, -0.1) is 0 Å². The number of nitrogens with one attached hydrogen (secondary N) is 1. The topological polar surface area (TPSA) is 73.6 Å². The quantitative estimate of drug-likeness (QED) is 0.805. The fourth-order valence-electron chi connectivity index (χ4n) is 1.72. The number of carbonyl (C=O) groups is 1. The molecule has 1 aromatic rings. The lowest BCUT2D eigenvalue weighted by atomic mass is 10.1. The van der Waals surface area contributed by atoms with Crippen LogP contribution < -0.4 is 5.32 Å². The van der Waals surface area contributed by atoms with Gasteiger partial charge in [-0.3, -0.25) is 4.68 Å². The minimum absolute atomic E-state index is 0.258. The fourth-order valence-corrected chi connectivity index (χ4v) is 1.72. The number of hydrogen-bond acceptors (Lipinski definition) is 4. The van der Waals surface area contributed by atoms with Gasteiger partial charge in [0, 0.05) is 19.8 Å². The number of nitrogens with zero attached hydrogens (tertiary/aromatic N) is 4. The van der Waals surface area contributed by atoms with Crippen molar-refractivity contribution in [1.29, 1.82) is 0 Å². The molecule has 0 unspecified atom stereocenters. The summed E-state index contributed by atoms with van der Waals surface area (Å²) in [5, 5.41) is 16.6. The Morgan fingerprint density at radius 2 is 2.10 bits per heavy atom. The second-order valence-electron chi connectivity index (χ2n) is 5.89. The monoisotopic (exact) mass is 283 g/mol. The van der Waals surface area contributed by atoms with Crippen LogP contribution in [0.2, 0.25) is 0 Å². The molecule has 2 amide bonds. The molecule has 1 aromatic heterocycles. The summed E-state index contributed by atoms with van der Waals surface area (Å²) in [6.07, 6.45) is 3.41. The second kappa shape index (κ2) is 6.71. The summed E-state index contributed by atoms with van der Waals surface area (Å²) < 4.78 is 1.78. The van der Waals surface area contributed by atoms with Gasteiger partial charge in [-0.05, 0) is 27.9 Å². The lowest BCUT2D eigenvalue weighted by molar-refractivity contribution is 0.0550. The van der Waals surface area contributed by atoms with Crippen LogP contribution in [0.15, 0.2) is 12.4 Å². The first-order valence-corrected chi connectivity index (χ1v) is 6.59. The number of aromatic nitrogens is 2. The zero-order valence-electron chi connectivity index (χ0n) is 12.9. The highest BCUT2D eigenvalue weighted by Crippen LogP contribution is 2.08. The van der Waals surface area contributed by atoms with Crippen LogP contribution in [0.5, 0.6) is 0 Å². The minimum Gasteiger partial charge on any atom is -0.389 e. The zero-order valence-corrected chi connectivity index (χ0v) is 12.9. The number of anilines is 1. The first kappa shape index (κ1) is 16.5. The summed E-state index contributed by atoms with van der Waals surface area (Å²) in [7, 11) is 5.64. The summed E-state index contributed by atoms with van der Waals surface area (Å²) in [5.41, 5.74) is -0.265. The third-order valence-electron chi connectivity index (χ3n) is 2.63. The third kappa shape index (κ3) is 6.03. The van der Waals surface area contributed by atoms with Gasteiger partial charge < -0.3 is 20.2 Å². The summed E-state index contributed by atoms with van der Waals surface area (Å²) in [4.78, 5) is 15.4. The van der Waals surface area contributed by atoms with Crippen LogP contribution in [0.4, 0.5) is 10.5 Å². The fraction of sp³-hybridized carbons (Fsp3) is 0.692. The summed E-state index contributed by atoms with van der Waals surface area (Å²) in [6, 6.07) is -0.265. The van der Waals surface area contributed by atoms with E-state index >= 15 is 0 Å². The van der Waals surface area contributed by atoms with Gasteiger partial charge in [0.05, 0.1) is 30.6 Å². The second-order valence-corrected chi connectivity index (χ2v) is 5.89. The third-order valence-corrected chi connectivity index (χ3v) is 2.63. The first-order valence-electron chi connectivity index (χ1n) is 6.59. The maximum absolute atomic E-state index is 11.9. The number of aliphatic hydroxyl groups is 1. The average Bonchev–Trinajstić information content (AvgIpc) is 2.71. The van der Waals surface area contributed by atoms with E-state index in [1.165, 1.54) is 4.90 Å². The Labute approximate surface area is 120 Å². The Balaban J connectivity index is 2.50. The summed E-state index contributed by atoms with van der Waals surface area (Å²) in [6.45, 7) is 5.23. The van der Waals surface area contributed by atoms with Gasteiger partial charge in [0.25, 0.3) is 0 Å². The van der Waals surface area contributed by atoms with Crippen LogP contribution in [-0.2, 0) is 6.54 Å². The van der Waals surface area contributed by atoms with E-state index in [4.69, 9.17) is 0 Å². The maximum Gasteiger partial charge on any atom is 0.321 e. The summed E-state index contributed by atoms with van der Waals surface area (Å²) >= 11 is 0. The molecule has 0 aliphatic heterocycles. The number of hydrogen-bond donors (Lipinski definition) is 2. The van der Waals surface area contributed by atoms with E-state index in [-0.39, 0.29) is 12.6 Å². The Morgan fingerprint density at radius 3 is 2.65 bits per heavy atom. The van der Waals surface area contributed by atoms with E-state index in [1.807, 2.05) is 14.1 Å². The van der Waals surface area contributed by atoms with Crippen molar-refractivity contribution in [2.45, 2.75) is 26.0 Å². The van der Waals surface area contributed by atoms with Gasteiger partial charge in [0.15, 0.2) is 0 Å². The van der Waals surface area contributed by atoms with E-state index in [1.54, 1.807) is 38.0 Å². The first-order chi connectivity index (χ1) is 9.17. The van der Waals surface area contributed by atoms with Crippen LogP contribution in [0.1, 0.15) is 13.8 Å². The van der Waals surface area contributed by atoms with E-state index in [0.29, 0.717) is 5.69 Å². The Bertz CT molecular complexity index is 436. The highest BCUT2D eigenvalue weighted by molar-refractivity contribution is 5.88. The Morgan fingerprint density at radius 1 is 1.45 bits per heavy atom. The molecule has 114 valence electrons. The van der Waals surface area contributed by atoms with Crippen LogP contribution in [0, 0.1) is 0 Å². The molecule has 0 bridgehead atoms. The molecule has 7 heteroatoms. The molecule has 0 spiro atoms. The number of carbonyl (C=O) groups excluding carboxylic acids is 1. The van der Waals surface area contributed by atoms with Crippen molar-refractivity contribution < 1.29 is 9.90 Å². The predicted octanol–water partition coefficient (Wildman–Crippen LogP) is 0.679. The van der Waals surface area contributed by atoms with Crippen molar-refractivity contribution in [1.82, 2.24) is 19.6 Å². The van der Waals surface area contributed by atoms with Crippen molar-refractivity contribution in [3.63, 3.8) is 0 Å². The van der Waals surface area contributed by atoms with Gasteiger partial charge in [-0.25, -0.2) is 4.79 Å². The van der Waals surface area contributed by atoms with Gasteiger partial charge in [0.1, 0.15) is 0 Å². The average molecular weight is 283 g/mol. The smallest absolute Gasteiger partial charge is 0.321 e. The molecule has 0 atom stereocenters. The van der Waals surface area contributed by atoms with E-state index in [2.05, 4.69) is 15.3 Å². The summed E-state index contributed by atoms with van der Waals surface area (Å²) in [5.74, 6) is 0. The Kier molecular flexibility index (Phi) is 5.52. The molecule has 0 saturated heterocycles. The number of amides is 2. The molecule has 20 heavy (non-hydrogen) atoms. The van der Waals surface area contributed by atoms with Crippen molar-refractivity contribution in [3.8, 4) is 0 Å². The normalized spacial score (nSPS) is 11.8. The molecule has 0 saturated carbocycles. The largest absolute Gasteiger partial charge is 0.389 e. The van der Waals surface area contributed by atoms with Crippen molar-refractivity contribution in [2.75, 3.05) is 39.5 Å². The molecule has 1 heterocycles. The Hall–Kier alpha value is -1.60. The molecular weight excluding hydrogens is 258 g/mol. The van der Waals surface area contributed by atoms with Gasteiger partial charge in [0.2, 0.25) is 0 Å². The molecule has 0 aliphatic rings. The molecule has 7 nitrogen and oxygen atoms in total. The van der Waals surface area contributed by atoms with Crippen molar-refractivity contribution in [2.24, 2.45) is 0 Å². The minimum atomic E-state index is -0.915. The molecule has 0 fully saturated rings. The predicted molar refractivity (Wildman–Crippen MR) is 78.7 cm³/mol. The number of likely N-dealkylation sites (N-methyl/N-ethyl adjacent to an activating group) is 2. The lowest BCUT2D eigenvalue weighted by Gasteiger charge is -2.25. The number of urea groups is 1. The van der Waals surface area contributed by atoms with E-state index in [0.717, 1.165) is 13.1 Å². The molecule has 0 radical (unpaired) electrons. The van der Waals surface area contributed by atoms with Gasteiger partial charge in [-0.2, -0.15) is 5.10 Å². The van der Waals surface area contributed by atoms with Crippen molar-refractivity contribution >= 4 is 11.7 Å². The SMILES string of the molecule is CN(C)CCn1cc(NC(=O)N(C)CC(C)(C)O)cn1. The molecule has 0 aliphatic carbocycles. The highest BCUT2D eigenvalue weighted by atomic mass is 16.3.